The number of carbonyl (C=O) groups is 1. The highest BCUT2D eigenvalue weighted by Crippen LogP contribution is 2.40. The lowest BCUT2D eigenvalue weighted by Crippen LogP contribution is -3.00. The Kier molecular flexibility index (Phi) is 9.19. The van der Waals surface area contributed by atoms with Gasteiger partial charge in [-0.3, -0.25) is 14.0 Å². The van der Waals surface area contributed by atoms with E-state index in [-0.39, 0.29) is 36.5 Å². The highest BCUT2D eigenvalue weighted by atomic mass is 35.5. The average Bonchev–Trinajstić information content (AvgIpc) is 3.56. The Morgan fingerprint density at radius 3 is 2.30 bits per heavy atom. The number of hydrogen-bond donors (Lipinski definition) is 0. The third-order valence-corrected chi connectivity index (χ3v) is 9.31. The van der Waals surface area contributed by atoms with Gasteiger partial charge in [0.05, 0.1) is 20.8 Å². The van der Waals surface area contributed by atoms with E-state index in [1.807, 2.05) is 32.3 Å². The zero-order chi connectivity index (χ0) is 27.6. The molecule has 0 N–H and O–H groups in total. The Hall–Kier alpha value is -3.38. The third-order valence-electron chi connectivity index (χ3n) is 6.36. The number of thiazole rings is 1. The zero-order valence-corrected chi connectivity index (χ0v) is 24.8. The number of para-hydroxylation sites is 1. The van der Waals surface area contributed by atoms with Gasteiger partial charge in [-0.15, -0.1) is 0 Å². The van der Waals surface area contributed by atoms with Crippen molar-refractivity contribution in [1.29, 1.82) is 0 Å². The number of sulfonamides is 1. The van der Waals surface area contributed by atoms with E-state index in [9.17, 15) is 13.2 Å². The van der Waals surface area contributed by atoms with Crippen molar-refractivity contribution in [3.8, 4) is 11.5 Å². The number of hydrogen-bond acceptors (Lipinski definition) is 8. The van der Waals surface area contributed by atoms with Gasteiger partial charge in [0.15, 0.2) is 16.6 Å². The van der Waals surface area contributed by atoms with Crippen molar-refractivity contribution in [1.82, 2.24) is 9.88 Å². The second-order valence-electron chi connectivity index (χ2n) is 9.31. The third kappa shape index (κ3) is 6.02. The van der Waals surface area contributed by atoms with Gasteiger partial charge in [-0.2, -0.15) is 0 Å². The lowest BCUT2D eigenvalue weighted by molar-refractivity contribution is -0.0000193. The van der Waals surface area contributed by atoms with Crippen LogP contribution in [-0.4, -0.2) is 64.7 Å². The van der Waals surface area contributed by atoms with E-state index in [0.717, 1.165) is 23.2 Å². The van der Waals surface area contributed by atoms with E-state index in [1.165, 1.54) is 27.8 Å². The smallest absolute Gasteiger partial charge is 0.264 e. The molecule has 0 fully saturated rings. The van der Waals surface area contributed by atoms with Gasteiger partial charge in [-0.1, -0.05) is 29.5 Å². The molecule has 3 aromatic carbocycles. The summed E-state index contributed by atoms with van der Waals surface area (Å²) in [6.07, 6.45) is 0.742. The lowest BCUT2D eigenvalue weighted by atomic mass is 10.2. The first-order chi connectivity index (χ1) is 18.8. The largest absolute Gasteiger partial charge is 1.00 e. The van der Waals surface area contributed by atoms with Gasteiger partial charge in [0, 0.05) is 30.8 Å². The predicted octanol–water partition coefficient (Wildman–Crippen LogP) is 1.84. The molecule has 5 rings (SSSR count). The number of carbonyl (C=O) groups excluding carboxylic acids is 1. The molecule has 40 heavy (non-hydrogen) atoms. The van der Waals surface area contributed by atoms with Crippen molar-refractivity contribution in [2.75, 3.05) is 49.7 Å². The van der Waals surface area contributed by atoms with Crippen LogP contribution in [0.5, 0.6) is 11.5 Å². The van der Waals surface area contributed by atoms with E-state index in [4.69, 9.17) is 14.5 Å². The Bertz CT molecular complexity index is 1540. The van der Waals surface area contributed by atoms with Gasteiger partial charge in [-0.25, -0.2) is 13.4 Å². The summed E-state index contributed by atoms with van der Waals surface area (Å²) >= 11 is 1.41. The van der Waals surface area contributed by atoms with Crippen LogP contribution in [0.2, 0.25) is 0 Å². The van der Waals surface area contributed by atoms with E-state index >= 15 is 0 Å². The molecule has 0 radical (unpaired) electrons. The highest BCUT2D eigenvalue weighted by molar-refractivity contribution is 7.92. The first kappa shape index (κ1) is 29.6. The van der Waals surface area contributed by atoms with E-state index in [0.29, 0.717) is 34.4 Å². The molecule has 1 aliphatic rings. The second kappa shape index (κ2) is 12.4. The fraction of sp³-hybridized carbons (Fsp3) is 0.286. The number of halogens is 1. The summed E-state index contributed by atoms with van der Waals surface area (Å²) < 4.78 is 40.0. The van der Waals surface area contributed by atoms with Crippen LogP contribution in [0, 0.1) is 0 Å². The van der Waals surface area contributed by atoms with Crippen LogP contribution >= 0.6 is 11.3 Å². The molecule has 1 aromatic heterocycles. The van der Waals surface area contributed by atoms with Crippen molar-refractivity contribution < 1.29 is 35.1 Å². The van der Waals surface area contributed by atoms with E-state index in [1.54, 1.807) is 48.2 Å². The van der Waals surface area contributed by atoms with Crippen molar-refractivity contribution in [2.24, 2.45) is 0 Å². The van der Waals surface area contributed by atoms with Crippen LogP contribution in [0.4, 0.5) is 10.8 Å². The minimum atomic E-state index is -3.80. The molecule has 0 unspecified atom stereocenters. The number of rotatable bonds is 10. The molecule has 9 nitrogen and oxygen atoms in total. The summed E-state index contributed by atoms with van der Waals surface area (Å²) in [5.74, 6) is 1.06. The molecule has 4 aromatic rings. The molecule has 12 heteroatoms. The van der Waals surface area contributed by atoms with Crippen molar-refractivity contribution >= 4 is 48.3 Å². The SMILES string of the molecule is CCN(c1ccccc1)S(=O)(=O)c1ccc(C(=O)N(CCCN(C)C)c2nc3cc4c(cc3s2)OCO4)cc1.[Cl-]. The summed E-state index contributed by atoms with van der Waals surface area (Å²) in [7, 11) is 0.175. The highest BCUT2D eigenvalue weighted by Gasteiger charge is 2.26. The number of fused-ring (bicyclic) bond motifs is 2. The van der Waals surface area contributed by atoms with Gasteiger partial charge >= 0.3 is 0 Å². The first-order valence-electron chi connectivity index (χ1n) is 12.6. The van der Waals surface area contributed by atoms with Crippen LogP contribution < -0.4 is 31.1 Å². The Morgan fingerprint density at radius 1 is 0.975 bits per heavy atom. The summed E-state index contributed by atoms with van der Waals surface area (Å²) in [5.41, 5.74) is 1.70. The molecule has 0 spiro atoms. The number of aromatic nitrogens is 1. The molecule has 212 valence electrons. The fourth-order valence-corrected chi connectivity index (χ4v) is 6.86. The lowest BCUT2D eigenvalue weighted by Gasteiger charge is -2.23. The number of ether oxygens (including phenoxy) is 2. The zero-order valence-electron chi connectivity index (χ0n) is 22.4. The number of anilines is 2. The Morgan fingerprint density at radius 2 is 1.65 bits per heavy atom. The van der Waals surface area contributed by atoms with Gasteiger partial charge in [-0.05, 0) is 70.4 Å². The molecule has 0 saturated carbocycles. The summed E-state index contributed by atoms with van der Waals surface area (Å²) in [5, 5.41) is 0.565. The summed E-state index contributed by atoms with van der Waals surface area (Å²) in [4.78, 5) is 22.3. The van der Waals surface area contributed by atoms with E-state index < -0.39 is 10.0 Å². The molecule has 1 aliphatic heterocycles. The molecule has 0 bridgehead atoms. The van der Waals surface area contributed by atoms with Gasteiger partial charge in [0.25, 0.3) is 15.9 Å². The minimum absolute atomic E-state index is 0. The molecule has 0 atom stereocenters. The van der Waals surface area contributed by atoms with Crippen LogP contribution in [-0.2, 0) is 10.0 Å². The van der Waals surface area contributed by atoms with Crippen LogP contribution in [0.3, 0.4) is 0 Å². The normalized spacial score (nSPS) is 12.4. The summed E-state index contributed by atoms with van der Waals surface area (Å²) in [6.45, 7) is 3.51. The van der Waals surface area contributed by atoms with Crippen LogP contribution in [0.15, 0.2) is 71.6 Å². The van der Waals surface area contributed by atoms with Gasteiger partial charge in [0.1, 0.15) is 0 Å². The molecular weight excluding hydrogens is 572 g/mol. The van der Waals surface area contributed by atoms with Crippen LogP contribution in [0.25, 0.3) is 10.2 Å². The average molecular weight is 602 g/mol. The second-order valence-corrected chi connectivity index (χ2v) is 12.2. The Balaban J connectivity index is 0.00000370. The van der Waals surface area contributed by atoms with Crippen molar-refractivity contribution in [2.45, 2.75) is 18.2 Å². The van der Waals surface area contributed by atoms with Crippen LogP contribution in [0.1, 0.15) is 23.7 Å². The number of nitrogens with zero attached hydrogens (tertiary/aromatic N) is 4. The fourth-order valence-electron chi connectivity index (χ4n) is 4.39. The summed E-state index contributed by atoms with van der Waals surface area (Å²) in [6, 6.07) is 18.8. The number of benzene rings is 3. The predicted molar refractivity (Wildman–Crippen MR) is 154 cm³/mol. The molecule has 2 heterocycles. The van der Waals surface area contributed by atoms with Gasteiger partial charge < -0.3 is 26.8 Å². The Labute approximate surface area is 244 Å². The minimum Gasteiger partial charge on any atom is -1.00 e. The topological polar surface area (TPSA) is 92.3 Å². The van der Waals surface area contributed by atoms with E-state index in [2.05, 4.69) is 4.90 Å². The first-order valence-corrected chi connectivity index (χ1v) is 14.9. The maximum absolute atomic E-state index is 13.7. The quantitative estimate of drug-likeness (QED) is 0.274. The maximum Gasteiger partial charge on any atom is 0.264 e. The molecule has 0 saturated heterocycles. The number of amides is 1. The van der Waals surface area contributed by atoms with Crippen molar-refractivity contribution in [3.63, 3.8) is 0 Å². The maximum atomic E-state index is 13.7. The molecule has 1 amide bonds. The van der Waals surface area contributed by atoms with Crippen molar-refractivity contribution in [3.05, 3.63) is 72.3 Å². The molecule has 0 aliphatic carbocycles. The monoisotopic (exact) mass is 601 g/mol. The van der Waals surface area contributed by atoms with Gasteiger partial charge in [0.2, 0.25) is 6.79 Å². The molecular formula is C28H30ClN4O5S2-. The standard InChI is InChI=1S/C28H30N4O5S2.ClH/c1-4-32(21-9-6-5-7-10-21)39(34,35)22-13-11-20(12-14-22)27(33)31(16-8-15-30(2)3)28-29-23-17-24-25(37-19-36-24)18-26(23)38-28;/h5-7,9-14,17-18H,4,8,15-16,19H2,1-3H3;1H/p-1.